The summed E-state index contributed by atoms with van der Waals surface area (Å²) in [6.45, 7) is 0. The van der Waals surface area contributed by atoms with Crippen molar-refractivity contribution in [3.05, 3.63) is 64.5 Å². The Labute approximate surface area is 125 Å². The molecule has 0 spiro atoms. The Morgan fingerprint density at radius 2 is 1.86 bits per heavy atom. The van der Waals surface area contributed by atoms with E-state index in [2.05, 4.69) is 4.98 Å². The van der Waals surface area contributed by atoms with E-state index in [0.717, 1.165) is 12.8 Å². The quantitative estimate of drug-likeness (QED) is 0.790. The second-order valence-corrected chi connectivity index (χ2v) is 5.56. The summed E-state index contributed by atoms with van der Waals surface area (Å²) < 4.78 is 14.7. The number of benzene rings is 2. The number of hydrogen-bond donors (Lipinski definition) is 1. The number of aromatic nitrogens is 2. The average Bonchev–Trinajstić information content (AvgIpc) is 3.33. The Bertz CT molecular complexity index is 928. The lowest BCUT2D eigenvalue weighted by Gasteiger charge is -2.13. The van der Waals surface area contributed by atoms with Gasteiger partial charge in [0.05, 0.1) is 16.6 Å². The van der Waals surface area contributed by atoms with Crippen LogP contribution in [0, 0.1) is 5.82 Å². The fraction of sp³-hybridized carbons (Fsp3) is 0.176. The van der Waals surface area contributed by atoms with Crippen molar-refractivity contribution < 1.29 is 9.50 Å². The van der Waals surface area contributed by atoms with Gasteiger partial charge in [-0.3, -0.25) is 9.36 Å². The maximum absolute atomic E-state index is 13.1. The van der Waals surface area contributed by atoms with E-state index in [4.69, 9.17) is 0 Å². The summed E-state index contributed by atoms with van der Waals surface area (Å²) in [5.74, 6) is 0.656. The first-order valence-corrected chi connectivity index (χ1v) is 7.15. The first-order valence-electron chi connectivity index (χ1n) is 7.15. The first-order chi connectivity index (χ1) is 10.6. The minimum atomic E-state index is -0.344. The van der Waals surface area contributed by atoms with Gasteiger partial charge in [0.15, 0.2) is 0 Å². The van der Waals surface area contributed by atoms with Crippen molar-refractivity contribution in [1.82, 2.24) is 9.55 Å². The van der Waals surface area contributed by atoms with Crippen molar-refractivity contribution in [3.8, 4) is 11.4 Å². The van der Waals surface area contributed by atoms with Crippen LogP contribution in [0.25, 0.3) is 16.6 Å². The molecule has 1 aromatic heterocycles. The number of phenols is 1. The van der Waals surface area contributed by atoms with Crippen molar-refractivity contribution in [3.63, 3.8) is 0 Å². The molecule has 0 radical (unpaired) electrons. The van der Waals surface area contributed by atoms with Crippen LogP contribution in [0.3, 0.4) is 0 Å². The van der Waals surface area contributed by atoms with Crippen molar-refractivity contribution in [1.29, 1.82) is 0 Å². The summed E-state index contributed by atoms with van der Waals surface area (Å²) in [7, 11) is 0. The van der Waals surface area contributed by atoms with Gasteiger partial charge in [0.2, 0.25) is 0 Å². The SMILES string of the molecule is O=c1c2ccc(O)cc2nc(C2CC2)n1-c1ccc(F)cc1. The Hall–Kier alpha value is -2.69. The monoisotopic (exact) mass is 296 g/mol. The van der Waals surface area contributed by atoms with Crippen molar-refractivity contribution in [2.45, 2.75) is 18.8 Å². The predicted molar refractivity (Wildman–Crippen MR) is 80.9 cm³/mol. The summed E-state index contributed by atoms with van der Waals surface area (Å²) in [5, 5.41) is 10.0. The van der Waals surface area contributed by atoms with Gasteiger partial charge < -0.3 is 5.11 Å². The van der Waals surface area contributed by atoms with Crippen LogP contribution in [0.1, 0.15) is 24.6 Å². The Morgan fingerprint density at radius 3 is 2.55 bits per heavy atom. The molecule has 1 fully saturated rings. The zero-order valence-electron chi connectivity index (χ0n) is 11.7. The smallest absolute Gasteiger partial charge is 0.265 e. The maximum atomic E-state index is 13.1. The van der Waals surface area contributed by atoms with Crippen LogP contribution in [0.5, 0.6) is 5.75 Å². The molecule has 5 heteroatoms. The summed E-state index contributed by atoms with van der Waals surface area (Å²) in [6, 6.07) is 10.4. The molecule has 0 unspecified atom stereocenters. The van der Waals surface area contributed by atoms with Crippen molar-refractivity contribution in [2.24, 2.45) is 0 Å². The van der Waals surface area contributed by atoms with E-state index >= 15 is 0 Å². The summed E-state index contributed by atoms with van der Waals surface area (Å²) in [5.41, 5.74) is 0.902. The molecular weight excluding hydrogens is 283 g/mol. The van der Waals surface area contributed by atoms with E-state index in [0.29, 0.717) is 22.4 Å². The number of hydrogen-bond acceptors (Lipinski definition) is 3. The van der Waals surface area contributed by atoms with Gasteiger partial charge in [-0.05, 0) is 49.2 Å². The molecule has 0 amide bonds. The molecule has 0 aliphatic heterocycles. The van der Waals surface area contributed by atoms with Crippen LogP contribution in [0.15, 0.2) is 47.3 Å². The third-order valence-corrected chi connectivity index (χ3v) is 3.91. The first kappa shape index (κ1) is 13.0. The molecule has 1 saturated carbocycles. The van der Waals surface area contributed by atoms with Gasteiger partial charge in [-0.25, -0.2) is 9.37 Å². The Balaban J connectivity index is 2.05. The number of phenolic OH excluding ortho intramolecular Hbond substituents is 1. The van der Waals surface area contributed by atoms with Crippen LogP contribution in [0.2, 0.25) is 0 Å². The van der Waals surface area contributed by atoms with Gasteiger partial charge in [-0.2, -0.15) is 0 Å². The zero-order chi connectivity index (χ0) is 15.3. The van der Waals surface area contributed by atoms with Gasteiger partial charge in [0.25, 0.3) is 5.56 Å². The fourth-order valence-corrected chi connectivity index (χ4v) is 2.65. The molecule has 0 atom stereocenters. The highest BCUT2D eigenvalue weighted by Crippen LogP contribution is 2.39. The normalized spacial score (nSPS) is 14.4. The molecule has 1 aliphatic rings. The molecule has 1 aliphatic carbocycles. The lowest BCUT2D eigenvalue weighted by atomic mass is 10.2. The third-order valence-electron chi connectivity index (χ3n) is 3.91. The van der Waals surface area contributed by atoms with Crippen LogP contribution in [-0.2, 0) is 0 Å². The average molecular weight is 296 g/mol. The van der Waals surface area contributed by atoms with Crippen molar-refractivity contribution in [2.75, 3.05) is 0 Å². The van der Waals surface area contributed by atoms with Gasteiger partial charge in [-0.15, -0.1) is 0 Å². The molecule has 110 valence electrons. The lowest BCUT2D eigenvalue weighted by molar-refractivity contribution is 0.476. The highest BCUT2D eigenvalue weighted by atomic mass is 19.1. The molecule has 4 nitrogen and oxygen atoms in total. The second kappa shape index (κ2) is 4.66. The topological polar surface area (TPSA) is 55.1 Å². The van der Waals surface area contributed by atoms with Crippen LogP contribution < -0.4 is 5.56 Å². The van der Waals surface area contributed by atoms with E-state index in [1.54, 1.807) is 22.8 Å². The van der Waals surface area contributed by atoms with Gasteiger partial charge in [-0.1, -0.05) is 0 Å². The van der Waals surface area contributed by atoms with E-state index in [1.165, 1.54) is 24.3 Å². The largest absolute Gasteiger partial charge is 0.508 e. The number of halogens is 1. The lowest BCUT2D eigenvalue weighted by Crippen LogP contribution is -2.23. The molecule has 2 aromatic carbocycles. The summed E-state index contributed by atoms with van der Waals surface area (Å²) in [4.78, 5) is 17.4. The highest BCUT2D eigenvalue weighted by molar-refractivity contribution is 5.79. The standard InChI is InChI=1S/C17H13FN2O2/c18-11-3-5-12(6-4-11)20-16(10-1-2-10)19-15-9-13(21)7-8-14(15)17(20)22/h3-10,21H,1-2H2. The van der Waals surface area contributed by atoms with E-state index in [-0.39, 0.29) is 23.0 Å². The maximum Gasteiger partial charge on any atom is 0.265 e. The Kier molecular flexibility index (Phi) is 2.76. The van der Waals surface area contributed by atoms with E-state index < -0.39 is 0 Å². The number of fused-ring (bicyclic) bond motifs is 1. The number of aromatic hydroxyl groups is 1. The van der Waals surface area contributed by atoms with Crippen LogP contribution >= 0.6 is 0 Å². The summed E-state index contributed by atoms with van der Waals surface area (Å²) in [6.07, 6.45) is 1.97. The van der Waals surface area contributed by atoms with Crippen molar-refractivity contribution >= 4 is 10.9 Å². The number of rotatable bonds is 2. The van der Waals surface area contributed by atoms with Gasteiger partial charge in [0, 0.05) is 12.0 Å². The molecule has 1 N–H and O–H groups in total. The van der Waals surface area contributed by atoms with Gasteiger partial charge in [0.1, 0.15) is 17.4 Å². The molecule has 0 saturated heterocycles. The molecular formula is C17H13FN2O2. The van der Waals surface area contributed by atoms with Crippen LogP contribution in [-0.4, -0.2) is 14.7 Å². The van der Waals surface area contributed by atoms with E-state index in [1.807, 2.05) is 0 Å². The summed E-state index contributed by atoms with van der Waals surface area (Å²) >= 11 is 0. The molecule has 4 rings (SSSR count). The van der Waals surface area contributed by atoms with Gasteiger partial charge >= 0.3 is 0 Å². The molecule has 0 bridgehead atoms. The molecule has 3 aromatic rings. The highest BCUT2D eigenvalue weighted by Gasteiger charge is 2.29. The minimum Gasteiger partial charge on any atom is -0.508 e. The predicted octanol–water partition coefficient (Wildman–Crippen LogP) is 3.11. The van der Waals surface area contributed by atoms with Crippen LogP contribution in [0.4, 0.5) is 4.39 Å². The minimum absolute atomic E-state index is 0.0840. The van der Waals surface area contributed by atoms with E-state index in [9.17, 15) is 14.3 Å². The Morgan fingerprint density at radius 1 is 1.14 bits per heavy atom. The fourth-order valence-electron chi connectivity index (χ4n) is 2.65. The molecule has 1 heterocycles. The third kappa shape index (κ3) is 2.06. The molecule has 22 heavy (non-hydrogen) atoms. The second-order valence-electron chi connectivity index (χ2n) is 5.56. The zero-order valence-corrected chi connectivity index (χ0v) is 11.7. The number of nitrogens with zero attached hydrogens (tertiary/aromatic N) is 2.